The SMILES string of the molecule is CC1Cc2c([nH]c3cc4c(cc23)CCC4)C(c2c(F)cc(NC3CN(CCCF)C3)cc2F)N1CC(F)(F)CO. The summed E-state index contributed by atoms with van der Waals surface area (Å²) >= 11 is 0. The first-order valence-electron chi connectivity index (χ1n) is 14.1. The number of anilines is 1. The second kappa shape index (κ2) is 10.6. The molecule has 0 bridgehead atoms. The summed E-state index contributed by atoms with van der Waals surface area (Å²) in [5.74, 6) is -5.08. The predicted molar refractivity (Wildman–Crippen MR) is 145 cm³/mol. The first kappa shape index (κ1) is 27.5. The van der Waals surface area contributed by atoms with Gasteiger partial charge in [-0.15, -0.1) is 0 Å². The van der Waals surface area contributed by atoms with Gasteiger partial charge in [-0.05, 0) is 80.0 Å². The quantitative estimate of drug-likeness (QED) is 0.308. The van der Waals surface area contributed by atoms with E-state index in [-0.39, 0.29) is 24.0 Å². The number of rotatable bonds is 9. The van der Waals surface area contributed by atoms with Crippen molar-refractivity contribution in [1.82, 2.24) is 14.8 Å². The van der Waals surface area contributed by atoms with Gasteiger partial charge in [0.25, 0.3) is 5.92 Å². The Balaban J connectivity index is 1.38. The van der Waals surface area contributed by atoms with Crippen molar-refractivity contribution >= 4 is 16.6 Å². The maximum absolute atomic E-state index is 15.9. The number of halogens is 5. The summed E-state index contributed by atoms with van der Waals surface area (Å²) in [6, 6.07) is 5.09. The summed E-state index contributed by atoms with van der Waals surface area (Å²) in [5.41, 5.74) is 4.76. The molecule has 1 fully saturated rings. The smallest absolute Gasteiger partial charge is 0.283 e. The zero-order valence-corrected chi connectivity index (χ0v) is 22.6. The first-order valence-corrected chi connectivity index (χ1v) is 14.1. The van der Waals surface area contributed by atoms with Gasteiger partial charge >= 0.3 is 0 Å². The number of benzene rings is 2. The minimum Gasteiger partial charge on any atom is -0.390 e. The lowest BCUT2D eigenvalue weighted by Crippen LogP contribution is -2.54. The van der Waals surface area contributed by atoms with Crippen molar-refractivity contribution in [3.63, 3.8) is 0 Å². The minimum atomic E-state index is -3.44. The van der Waals surface area contributed by atoms with Crippen LogP contribution in [0.15, 0.2) is 24.3 Å². The number of aliphatic hydroxyl groups is 1. The van der Waals surface area contributed by atoms with Gasteiger partial charge in [0.05, 0.1) is 25.3 Å². The van der Waals surface area contributed by atoms with E-state index in [2.05, 4.69) is 27.3 Å². The van der Waals surface area contributed by atoms with E-state index >= 15 is 8.78 Å². The van der Waals surface area contributed by atoms with Gasteiger partial charge in [0.15, 0.2) is 0 Å². The number of nitrogens with one attached hydrogen (secondary N) is 2. The standard InChI is InChI=1S/C30H35F5N4O/c1-17-8-23-22-9-18-4-2-5-19(18)10-26(22)37-28(23)29(39(17)15-30(34,35)16-40)27-24(32)11-20(12-25(27)33)36-21-13-38(14-21)7-3-6-31/h9-12,17,21,29,36-37,40H,2-8,13-16H2,1H3. The Kier molecular flexibility index (Phi) is 7.29. The van der Waals surface area contributed by atoms with E-state index < -0.39 is 42.8 Å². The van der Waals surface area contributed by atoms with Crippen molar-refractivity contribution in [3.8, 4) is 0 Å². The molecule has 0 amide bonds. The highest BCUT2D eigenvalue weighted by molar-refractivity contribution is 5.87. The maximum Gasteiger partial charge on any atom is 0.283 e. The third-order valence-corrected chi connectivity index (χ3v) is 8.76. The number of aromatic amines is 1. The molecular formula is C30H35F5N4O. The Morgan fingerprint density at radius 1 is 1.07 bits per heavy atom. The number of fused-ring (bicyclic) bond motifs is 4. The molecule has 3 aromatic rings. The van der Waals surface area contributed by atoms with E-state index in [9.17, 15) is 18.3 Å². The van der Waals surface area contributed by atoms with Crippen LogP contribution in [0.5, 0.6) is 0 Å². The molecule has 0 radical (unpaired) electrons. The Morgan fingerprint density at radius 3 is 2.45 bits per heavy atom. The molecule has 6 rings (SSSR count). The Labute approximate surface area is 230 Å². The van der Waals surface area contributed by atoms with Crippen LogP contribution in [0.4, 0.5) is 27.6 Å². The summed E-state index contributed by atoms with van der Waals surface area (Å²) in [5, 5.41) is 13.4. The van der Waals surface area contributed by atoms with Crippen LogP contribution in [0.2, 0.25) is 0 Å². The molecule has 40 heavy (non-hydrogen) atoms. The van der Waals surface area contributed by atoms with Crippen LogP contribution in [0.1, 0.15) is 53.8 Å². The van der Waals surface area contributed by atoms with E-state index in [1.807, 2.05) is 0 Å². The average Bonchev–Trinajstić information content (AvgIpc) is 3.48. The number of hydrogen-bond acceptors (Lipinski definition) is 4. The molecule has 0 saturated carbocycles. The second-order valence-electron chi connectivity index (χ2n) is 11.7. The Hall–Kier alpha value is -2.69. The number of H-pyrrole nitrogens is 1. The molecule has 216 valence electrons. The first-order chi connectivity index (χ1) is 19.2. The van der Waals surface area contributed by atoms with Gasteiger partial charge < -0.3 is 15.4 Å². The van der Waals surface area contributed by atoms with Gasteiger partial charge in [-0.2, -0.15) is 0 Å². The van der Waals surface area contributed by atoms with Crippen molar-refractivity contribution in [1.29, 1.82) is 0 Å². The van der Waals surface area contributed by atoms with Crippen molar-refractivity contribution in [3.05, 3.63) is 63.8 Å². The number of likely N-dealkylation sites (tertiary alicyclic amines) is 1. The minimum absolute atomic E-state index is 0.0130. The molecule has 2 aliphatic heterocycles. The number of hydrogen-bond donors (Lipinski definition) is 3. The number of aliphatic hydroxyl groups excluding tert-OH is 1. The third-order valence-electron chi connectivity index (χ3n) is 8.76. The van der Waals surface area contributed by atoms with E-state index in [4.69, 9.17) is 0 Å². The van der Waals surface area contributed by atoms with Crippen molar-refractivity contribution in [2.75, 3.05) is 44.8 Å². The Morgan fingerprint density at radius 2 is 1.77 bits per heavy atom. The van der Waals surface area contributed by atoms with Crippen LogP contribution in [-0.4, -0.2) is 77.4 Å². The molecule has 1 saturated heterocycles. The number of aryl methyl sites for hydroxylation is 2. The normalized spacial score (nSPS) is 22.0. The molecule has 2 atom stereocenters. The van der Waals surface area contributed by atoms with Gasteiger partial charge in [-0.3, -0.25) is 14.2 Å². The summed E-state index contributed by atoms with van der Waals surface area (Å²) < 4.78 is 73.3. The summed E-state index contributed by atoms with van der Waals surface area (Å²) in [6.07, 6.45) is 3.92. The lowest BCUT2D eigenvalue weighted by Gasteiger charge is -2.42. The Bertz CT molecular complexity index is 1380. The summed E-state index contributed by atoms with van der Waals surface area (Å²) in [7, 11) is 0. The molecule has 3 N–H and O–H groups in total. The zero-order chi connectivity index (χ0) is 28.2. The molecule has 5 nitrogen and oxygen atoms in total. The van der Waals surface area contributed by atoms with Crippen LogP contribution in [0.25, 0.3) is 10.9 Å². The predicted octanol–water partition coefficient (Wildman–Crippen LogP) is 5.35. The second-order valence-corrected chi connectivity index (χ2v) is 11.7. The largest absolute Gasteiger partial charge is 0.390 e. The number of nitrogens with zero attached hydrogens (tertiary/aromatic N) is 2. The van der Waals surface area contributed by atoms with E-state index in [1.54, 1.807) is 6.92 Å². The van der Waals surface area contributed by atoms with Gasteiger partial charge in [0.2, 0.25) is 0 Å². The molecule has 2 aromatic carbocycles. The summed E-state index contributed by atoms with van der Waals surface area (Å²) in [4.78, 5) is 6.83. The highest BCUT2D eigenvalue weighted by Crippen LogP contribution is 2.44. The van der Waals surface area contributed by atoms with Crippen molar-refractivity contribution in [2.24, 2.45) is 0 Å². The van der Waals surface area contributed by atoms with Crippen LogP contribution in [0, 0.1) is 11.6 Å². The number of aromatic nitrogens is 1. The van der Waals surface area contributed by atoms with Crippen LogP contribution >= 0.6 is 0 Å². The van der Waals surface area contributed by atoms with Gasteiger partial charge in [0, 0.05) is 53.5 Å². The molecule has 3 aliphatic rings. The van der Waals surface area contributed by atoms with Crippen LogP contribution < -0.4 is 5.32 Å². The van der Waals surface area contributed by atoms with Gasteiger partial charge in [-0.25, -0.2) is 17.6 Å². The monoisotopic (exact) mass is 562 g/mol. The van der Waals surface area contributed by atoms with Crippen LogP contribution in [-0.2, 0) is 19.3 Å². The molecule has 0 spiro atoms. The zero-order valence-electron chi connectivity index (χ0n) is 22.6. The van der Waals surface area contributed by atoms with E-state index in [1.165, 1.54) is 28.2 Å². The molecule has 1 aromatic heterocycles. The fraction of sp³-hybridized carbons (Fsp3) is 0.533. The fourth-order valence-electron chi connectivity index (χ4n) is 6.80. The van der Waals surface area contributed by atoms with E-state index in [0.717, 1.165) is 35.7 Å². The number of alkyl halides is 3. The van der Waals surface area contributed by atoms with Crippen molar-refractivity contribution < 1.29 is 27.1 Å². The third kappa shape index (κ3) is 4.99. The lowest BCUT2D eigenvalue weighted by atomic mass is 9.87. The summed E-state index contributed by atoms with van der Waals surface area (Å²) in [6.45, 7) is 1.15. The molecular weight excluding hydrogens is 527 g/mol. The topological polar surface area (TPSA) is 54.5 Å². The van der Waals surface area contributed by atoms with Crippen LogP contribution in [0.3, 0.4) is 0 Å². The van der Waals surface area contributed by atoms with Gasteiger partial charge in [-0.1, -0.05) is 0 Å². The lowest BCUT2D eigenvalue weighted by molar-refractivity contribution is -0.0869. The molecule has 2 unspecified atom stereocenters. The fourth-order valence-corrected chi connectivity index (χ4v) is 6.80. The molecule has 10 heteroatoms. The van der Waals surface area contributed by atoms with Gasteiger partial charge in [0.1, 0.15) is 18.2 Å². The van der Waals surface area contributed by atoms with Crippen molar-refractivity contribution in [2.45, 2.75) is 63.1 Å². The average molecular weight is 563 g/mol. The molecule has 1 aliphatic carbocycles. The van der Waals surface area contributed by atoms with E-state index in [0.29, 0.717) is 38.2 Å². The maximum atomic E-state index is 15.9. The molecule has 3 heterocycles. The highest BCUT2D eigenvalue weighted by atomic mass is 19.3. The highest BCUT2D eigenvalue weighted by Gasteiger charge is 2.43.